The smallest absolute Gasteiger partial charge is 0.408 e. The van der Waals surface area contributed by atoms with Gasteiger partial charge in [0.25, 0.3) is 0 Å². The molecule has 10 N–H and O–H groups in total. The number of ether oxygens (including phenoxy) is 4. The van der Waals surface area contributed by atoms with Crippen molar-refractivity contribution < 1.29 is 67.5 Å². The maximum atomic E-state index is 14.2. The zero-order valence-corrected chi connectivity index (χ0v) is 44.1. The second-order valence-electron chi connectivity index (χ2n) is 21.1. The minimum Gasteiger partial charge on any atom is -0.508 e. The summed E-state index contributed by atoms with van der Waals surface area (Å²) < 4.78 is 21.3. The van der Waals surface area contributed by atoms with Crippen molar-refractivity contribution >= 4 is 48.0 Å². The number of hydrogen-bond acceptors (Lipinski definition) is 14. The van der Waals surface area contributed by atoms with E-state index in [9.17, 15) is 48.6 Å². The molecular weight excluding hydrogens is 937 g/mol. The Kier molecular flexibility index (Phi) is 23.4. The normalized spacial score (nSPS) is 12.9. The summed E-state index contributed by atoms with van der Waals surface area (Å²) in [5.74, 6) is -3.17. The fourth-order valence-electron chi connectivity index (χ4n) is 6.38. The third kappa shape index (κ3) is 26.3. The van der Waals surface area contributed by atoms with Crippen LogP contribution >= 0.6 is 0 Å². The lowest BCUT2D eigenvalue weighted by atomic mass is 9.97. The number of phenols is 2. The van der Waals surface area contributed by atoms with Gasteiger partial charge in [0.15, 0.2) is 0 Å². The van der Waals surface area contributed by atoms with Crippen molar-refractivity contribution in [3.8, 4) is 22.6 Å². The predicted octanol–water partition coefficient (Wildman–Crippen LogP) is 4.85. The van der Waals surface area contributed by atoms with Crippen LogP contribution in [0.3, 0.4) is 0 Å². The van der Waals surface area contributed by atoms with Crippen molar-refractivity contribution in [2.24, 2.45) is 0 Å². The molecule has 72 heavy (non-hydrogen) atoms. The summed E-state index contributed by atoms with van der Waals surface area (Å²) in [5, 5.41) is 41.6. The Labute approximate surface area is 422 Å². The van der Waals surface area contributed by atoms with Crippen LogP contribution in [0.1, 0.15) is 120 Å². The van der Waals surface area contributed by atoms with Crippen LogP contribution in [0.25, 0.3) is 11.1 Å². The Morgan fingerprint density at radius 1 is 0.500 bits per heavy atom. The molecule has 0 unspecified atom stereocenters. The minimum atomic E-state index is -1.42. The number of carbonyl (C=O) groups excluding carboxylic acids is 8. The molecule has 0 saturated heterocycles. The van der Waals surface area contributed by atoms with Crippen LogP contribution in [-0.4, -0.2) is 131 Å². The number of carbonyl (C=O) groups is 8. The van der Waals surface area contributed by atoms with Gasteiger partial charge in [-0.3, -0.25) is 19.2 Å². The average molecular weight is 1020 g/mol. The standard InChI is InChI=1S/C50H78N8O14/c1-30-24-31(18-20-37(30)59)32-19-21-38(60)33(25-32)26-36(58-46(68)72-50(11,12)13)42(64)57-35(17-15-23-52-44(66)70-48(5,6)7)41(63)55-29-40(62)54-28-39(61)53-27-34(56-45(67)71-49(8,9)10)16-14-22-51-43(65)69-47(2,3)4/h18-21,24-25,34-36,59-60H,14-17,22-23,26-29H2,1-13H3,(H,51,65)(H,52,66)(H,53,61)(H,54,62)(H,55,63)(H,56,67)(H,57,64)(H,58,68)/t34-,35-,36-/m0/s1. The molecule has 0 spiro atoms. The molecule has 0 saturated carbocycles. The number of aryl methyl sites for hydroxylation is 1. The van der Waals surface area contributed by atoms with E-state index in [4.69, 9.17) is 18.9 Å². The highest BCUT2D eigenvalue weighted by Gasteiger charge is 2.30. The number of nitrogens with one attached hydrogen (secondary N) is 8. The van der Waals surface area contributed by atoms with Gasteiger partial charge in [-0.2, -0.15) is 0 Å². The molecule has 2 aromatic rings. The second-order valence-corrected chi connectivity index (χ2v) is 21.1. The molecule has 2 aromatic carbocycles. The summed E-state index contributed by atoms with van der Waals surface area (Å²) in [5.41, 5.74) is -1.03. The Hall–Kier alpha value is -7.00. The van der Waals surface area contributed by atoms with Crippen molar-refractivity contribution in [3.05, 3.63) is 47.5 Å². The first-order valence-corrected chi connectivity index (χ1v) is 23.8. The number of rotatable bonds is 22. The van der Waals surface area contributed by atoms with Crippen molar-refractivity contribution in [2.45, 2.75) is 163 Å². The summed E-state index contributed by atoms with van der Waals surface area (Å²) >= 11 is 0. The molecule has 22 nitrogen and oxygen atoms in total. The SMILES string of the molecule is Cc1cc(-c2ccc(O)c(C[C@H](NC(=O)OC(C)(C)C)C(=O)N[C@@H](CCCNC(=O)OC(C)(C)C)C(=O)NCC(=O)NCC(=O)NC[C@H](CCCNC(=O)OC(C)(C)C)NC(=O)OC(C)(C)C)c2)ccc1O. The highest BCUT2D eigenvalue weighted by molar-refractivity contribution is 5.93. The summed E-state index contributed by atoms with van der Waals surface area (Å²) in [6.45, 7) is 21.0. The topological polar surface area (TPSA) is 310 Å². The zero-order valence-electron chi connectivity index (χ0n) is 44.1. The van der Waals surface area contributed by atoms with Crippen molar-refractivity contribution in [2.75, 3.05) is 32.7 Å². The van der Waals surface area contributed by atoms with Gasteiger partial charge in [0.2, 0.25) is 23.6 Å². The third-order valence-electron chi connectivity index (χ3n) is 9.55. The third-order valence-corrected chi connectivity index (χ3v) is 9.55. The summed E-state index contributed by atoms with van der Waals surface area (Å²) in [6, 6.07) is 6.25. The number of hydrogen-bond donors (Lipinski definition) is 10. The number of benzene rings is 2. The van der Waals surface area contributed by atoms with Crippen molar-refractivity contribution in [1.82, 2.24) is 42.5 Å². The fourth-order valence-corrected chi connectivity index (χ4v) is 6.38. The average Bonchev–Trinajstić information content (AvgIpc) is 3.22. The van der Waals surface area contributed by atoms with Crippen LogP contribution in [0, 0.1) is 6.92 Å². The van der Waals surface area contributed by atoms with E-state index in [1.54, 1.807) is 114 Å². The summed E-state index contributed by atoms with van der Waals surface area (Å²) in [6.07, 6.45) is -2.50. The van der Waals surface area contributed by atoms with Crippen LogP contribution in [-0.2, 0) is 44.5 Å². The van der Waals surface area contributed by atoms with E-state index < -0.39 is 102 Å². The van der Waals surface area contributed by atoms with E-state index >= 15 is 0 Å². The molecular formula is C50H78N8O14. The molecule has 22 heteroatoms. The van der Waals surface area contributed by atoms with Gasteiger partial charge in [-0.05, 0) is 162 Å². The molecule has 0 aliphatic heterocycles. The molecule has 0 radical (unpaired) electrons. The summed E-state index contributed by atoms with van der Waals surface area (Å²) in [4.78, 5) is 104. The molecule has 402 valence electrons. The quantitative estimate of drug-likeness (QED) is 0.0558. The molecule has 0 bridgehead atoms. The fraction of sp³-hybridized carbons (Fsp3) is 0.600. The minimum absolute atomic E-state index is 0.0261. The van der Waals surface area contributed by atoms with Gasteiger partial charge >= 0.3 is 24.4 Å². The van der Waals surface area contributed by atoms with Crippen molar-refractivity contribution in [3.63, 3.8) is 0 Å². The van der Waals surface area contributed by atoms with Crippen LogP contribution in [0.4, 0.5) is 19.2 Å². The van der Waals surface area contributed by atoms with E-state index in [1.807, 2.05) is 0 Å². The van der Waals surface area contributed by atoms with Gasteiger partial charge in [0, 0.05) is 32.1 Å². The number of amides is 8. The van der Waals surface area contributed by atoms with Crippen LogP contribution in [0.2, 0.25) is 0 Å². The first-order chi connectivity index (χ1) is 33.2. The van der Waals surface area contributed by atoms with E-state index in [-0.39, 0.29) is 56.0 Å². The van der Waals surface area contributed by atoms with E-state index in [0.717, 1.165) is 0 Å². The molecule has 8 amide bonds. The maximum Gasteiger partial charge on any atom is 0.408 e. The van der Waals surface area contributed by atoms with Gasteiger partial charge in [0.05, 0.1) is 13.1 Å². The molecule has 2 rings (SSSR count). The van der Waals surface area contributed by atoms with E-state index in [0.29, 0.717) is 29.5 Å². The molecule has 0 aliphatic carbocycles. The van der Waals surface area contributed by atoms with Gasteiger partial charge < -0.3 is 71.7 Å². The number of alkyl carbamates (subject to hydrolysis) is 4. The molecule has 3 atom stereocenters. The Morgan fingerprint density at radius 2 is 0.958 bits per heavy atom. The van der Waals surface area contributed by atoms with Crippen LogP contribution in [0.5, 0.6) is 11.5 Å². The first kappa shape index (κ1) is 61.1. The lowest BCUT2D eigenvalue weighted by Gasteiger charge is -2.26. The Balaban J connectivity index is 2.22. The zero-order chi connectivity index (χ0) is 54.6. The first-order valence-electron chi connectivity index (χ1n) is 23.8. The van der Waals surface area contributed by atoms with Gasteiger partial charge in [0.1, 0.15) is 46.0 Å². The molecule has 0 heterocycles. The van der Waals surface area contributed by atoms with Gasteiger partial charge in [-0.25, -0.2) is 19.2 Å². The second kappa shape index (κ2) is 27.6. The largest absolute Gasteiger partial charge is 0.508 e. The Morgan fingerprint density at radius 3 is 1.49 bits per heavy atom. The Bertz CT molecular complexity index is 2190. The van der Waals surface area contributed by atoms with Gasteiger partial charge in [-0.15, -0.1) is 0 Å². The highest BCUT2D eigenvalue weighted by Crippen LogP contribution is 2.30. The monoisotopic (exact) mass is 1010 g/mol. The maximum absolute atomic E-state index is 14.2. The lowest BCUT2D eigenvalue weighted by molar-refractivity contribution is -0.131. The van der Waals surface area contributed by atoms with Gasteiger partial charge in [-0.1, -0.05) is 12.1 Å². The molecule has 0 fully saturated rings. The van der Waals surface area contributed by atoms with E-state index in [2.05, 4.69) is 42.5 Å². The predicted molar refractivity (Wildman–Crippen MR) is 268 cm³/mol. The summed E-state index contributed by atoms with van der Waals surface area (Å²) in [7, 11) is 0. The van der Waals surface area contributed by atoms with Crippen LogP contribution < -0.4 is 42.5 Å². The highest BCUT2D eigenvalue weighted by atomic mass is 16.6. The molecule has 0 aromatic heterocycles. The van der Waals surface area contributed by atoms with Crippen LogP contribution in [0.15, 0.2) is 36.4 Å². The van der Waals surface area contributed by atoms with Crippen molar-refractivity contribution in [1.29, 1.82) is 0 Å². The lowest BCUT2D eigenvalue weighted by Crippen LogP contribution is -2.55. The van der Waals surface area contributed by atoms with E-state index in [1.165, 1.54) is 12.1 Å². The number of phenolic OH excluding ortho intramolecular Hbond substituents is 2. The molecule has 0 aliphatic rings. The number of aromatic hydroxyl groups is 2.